The number of hydrogen-bond donors (Lipinski definition) is 1. The molecule has 3 nitrogen and oxygen atoms in total. The Bertz CT molecular complexity index is 248. The smallest absolute Gasteiger partial charge is 0.0277 e. The van der Waals surface area contributed by atoms with Gasteiger partial charge in [-0.25, -0.2) is 0 Å². The van der Waals surface area contributed by atoms with Crippen molar-refractivity contribution in [3.8, 4) is 0 Å². The number of nitrogens with two attached hydrogens (primary N) is 1. The lowest BCUT2D eigenvalue weighted by Gasteiger charge is -2.45. The Morgan fingerprint density at radius 3 is 2.39 bits per heavy atom. The zero-order valence-corrected chi connectivity index (χ0v) is 13.1. The Morgan fingerprint density at radius 2 is 1.83 bits per heavy atom. The van der Waals surface area contributed by atoms with Gasteiger partial charge in [0.1, 0.15) is 0 Å². The molecule has 0 atom stereocenters. The second-order valence-corrected chi connectivity index (χ2v) is 7.34. The van der Waals surface area contributed by atoms with Crippen LogP contribution in [0, 0.1) is 5.41 Å². The Balaban J connectivity index is 2.21. The first-order valence-electron chi connectivity index (χ1n) is 7.40. The molecule has 0 aromatic heterocycles. The Labute approximate surface area is 114 Å². The molecule has 18 heavy (non-hydrogen) atoms. The fraction of sp³-hybridized carbons (Fsp3) is 1.00. The van der Waals surface area contributed by atoms with Gasteiger partial charge in [-0.2, -0.15) is 0 Å². The third-order valence-electron chi connectivity index (χ3n) is 4.53. The lowest BCUT2D eigenvalue weighted by Crippen LogP contribution is -2.57. The number of hydrogen-bond acceptors (Lipinski definition) is 3. The van der Waals surface area contributed by atoms with E-state index in [-0.39, 0.29) is 0 Å². The van der Waals surface area contributed by atoms with Gasteiger partial charge < -0.3 is 10.6 Å². The predicted octanol–water partition coefficient (Wildman–Crippen LogP) is 2.17. The largest absolute Gasteiger partial charge is 0.330 e. The predicted molar refractivity (Wildman–Crippen MR) is 79.8 cm³/mol. The maximum absolute atomic E-state index is 5.77. The van der Waals surface area contributed by atoms with Gasteiger partial charge in [-0.1, -0.05) is 20.3 Å². The van der Waals surface area contributed by atoms with Crippen LogP contribution in [0.5, 0.6) is 0 Å². The Hall–Kier alpha value is -0.120. The number of piperazine rings is 1. The van der Waals surface area contributed by atoms with Crippen molar-refractivity contribution >= 4 is 0 Å². The number of rotatable bonds is 6. The molecule has 2 N–H and O–H groups in total. The van der Waals surface area contributed by atoms with E-state index in [4.69, 9.17) is 5.73 Å². The summed E-state index contributed by atoms with van der Waals surface area (Å²) in [5.41, 5.74) is 6.42. The van der Waals surface area contributed by atoms with E-state index in [9.17, 15) is 0 Å². The third kappa shape index (κ3) is 4.87. The summed E-state index contributed by atoms with van der Waals surface area (Å²) in [6, 6.07) is 0. The minimum atomic E-state index is 0.321. The van der Waals surface area contributed by atoms with Crippen LogP contribution in [0.3, 0.4) is 0 Å². The van der Waals surface area contributed by atoms with Crippen molar-refractivity contribution < 1.29 is 0 Å². The molecule has 1 rings (SSSR count). The molecular weight excluding hydrogens is 222 g/mol. The SMILES string of the molecule is CN1CCN(CCCCC(C)(C)CN)CC1(C)C. The van der Waals surface area contributed by atoms with Gasteiger partial charge in [0.2, 0.25) is 0 Å². The molecule has 0 aromatic rings. The molecule has 3 heteroatoms. The molecule has 0 aliphatic carbocycles. The maximum atomic E-state index is 5.77. The van der Waals surface area contributed by atoms with Crippen LogP contribution in [0.1, 0.15) is 47.0 Å². The van der Waals surface area contributed by atoms with Crippen LogP contribution in [-0.2, 0) is 0 Å². The molecule has 0 amide bonds. The summed E-state index contributed by atoms with van der Waals surface area (Å²) in [4.78, 5) is 5.09. The van der Waals surface area contributed by atoms with E-state index in [0.717, 1.165) is 6.54 Å². The van der Waals surface area contributed by atoms with E-state index >= 15 is 0 Å². The summed E-state index contributed by atoms with van der Waals surface area (Å²) < 4.78 is 0. The molecule has 0 aromatic carbocycles. The van der Waals surface area contributed by atoms with Gasteiger partial charge in [0.05, 0.1) is 0 Å². The average Bonchev–Trinajstić information content (AvgIpc) is 2.29. The Morgan fingerprint density at radius 1 is 1.17 bits per heavy atom. The van der Waals surface area contributed by atoms with Crippen LogP contribution in [0.4, 0.5) is 0 Å². The summed E-state index contributed by atoms with van der Waals surface area (Å²) in [6.45, 7) is 14.9. The molecule has 0 bridgehead atoms. The van der Waals surface area contributed by atoms with Crippen LogP contribution < -0.4 is 5.73 Å². The van der Waals surface area contributed by atoms with Crippen molar-refractivity contribution in [1.29, 1.82) is 0 Å². The van der Waals surface area contributed by atoms with E-state index in [1.165, 1.54) is 45.4 Å². The van der Waals surface area contributed by atoms with Crippen molar-refractivity contribution in [2.45, 2.75) is 52.5 Å². The summed E-state index contributed by atoms with van der Waals surface area (Å²) in [5.74, 6) is 0. The molecule has 1 fully saturated rings. The van der Waals surface area contributed by atoms with Crippen molar-refractivity contribution in [2.75, 3.05) is 39.8 Å². The highest BCUT2D eigenvalue weighted by atomic mass is 15.3. The van der Waals surface area contributed by atoms with Gasteiger partial charge in [-0.15, -0.1) is 0 Å². The van der Waals surface area contributed by atoms with Crippen molar-refractivity contribution in [2.24, 2.45) is 11.1 Å². The molecule has 1 saturated heterocycles. The van der Waals surface area contributed by atoms with Crippen LogP contribution >= 0.6 is 0 Å². The second kappa shape index (κ2) is 6.36. The van der Waals surface area contributed by atoms with Gasteiger partial charge in [0, 0.05) is 25.2 Å². The van der Waals surface area contributed by atoms with Crippen LogP contribution in [-0.4, -0.2) is 55.1 Å². The minimum Gasteiger partial charge on any atom is -0.330 e. The molecule has 1 aliphatic heterocycles. The minimum absolute atomic E-state index is 0.321. The quantitative estimate of drug-likeness (QED) is 0.738. The molecule has 1 aliphatic rings. The zero-order valence-electron chi connectivity index (χ0n) is 13.1. The highest BCUT2D eigenvalue weighted by Crippen LogP contribution is 2.22. The third-order valence-corrected chi connectivity index (χ3v) is 4.53. The van der Waals surface area contributed by atoms with Crippen LogP contribution in [0.15, 0.2) is 0 Å². The van der Waals surface area contributed by atoms with Gasteiger partial charge in [0.15, 0.2) is 0 Å². The van der Waals surface area contributed by atoms with Gasteiger partial charge in [-0.05, 0) is 52.2 Å². The first kappa shape index (κ1) is 15.9. The maximum Gasteiger partial charge on any atom is 0.0277 e. The summed E-state index contributed by atoms with van der Waals surface area (Å²) in [7, 11) is 2.24. The molecular formula is C15H33N3. The van der Waals surface area contributed by atoms with Crippen molar-refractivity contribution in [3.63, 3.8) is 0 Å². The van der Waals surface area contributed by atoms with Gasteiger partial charge >= 0.3 is 0 Å². The highest BCUT2D eigenvalue weighted by Gasteiger charge is 2.30. The van der Waals surface area contributed by atoms with Gasteiger partial charge in [-0.3, -0.25) is 4.90 Å². The topological polar surface area (TPSA) is 32.5 Å². The average molecular weight is 255 g/mol. The van der Waals surface area contributed by atoms with Gasteiger partial charge in [0.25, 0.3) is 0 Å². The number of likely N-dealkylation sites (N-methyl/N-ethyl adjacent to an activating group) is 1. The zero-order chi connectivity index (χ0) is 13.8. The Kier molecular flexibility index (Phi) is 5.63. The van der Waals surface area contributed by atoms with E-state index in [1.807, 2.05) is 0 Å². The summed E-state index contributed by atoms with van der Waals surface area (Å²) >= 11 is 0. The van der Waals surface area contributed by atoms with E-state index in [0.29, 0.717) is 11.0 Å². The van der Waals surface area contributed by atoms with E-state index in [1.54, 1.807) is 0 Å². The van der Waals surface area contributed by atoms with E-state index < -0.39 is 0 Å². The number of nitrogens with zero attached hydrogens (tertiary/aromatic N) is 2. The molecule has 0 radical (unpaired) electrons. The number of unbranched alkanes of at least 4 members (excludes halogenated alkanes) is 1. The first-order chi connectivity index (χ1) is 8.27. The second-order valence-electron chi connectivity index (χ2n) is 7.34. The first-order valence-corrected chi connectivity index (χ1v) is 7.40. The summed E-state index contributed by atoms with van der Waals surface area (Å²) in [5, 5.41) is 0. The lowest BCUT2D eigenvalue weighted by molar-refractivity contribution is 0.0389. The summed E-state index contributed by atoms with van der Waals surface area (Å²) in [6.07, 6.45) is 3.86. The van der Waals surface area contributed by atoms with E-state index in [2.05, 4.69) is 44.5 Å². The fourth-order valence-electron chi connectivity index (χ4n) is 2.57. The molecule has 0 spiro atoms. The fourth-order valence-corrected chi connectivity index (χ4v) is 2.57. The normalized spacial score (nSPS) is 22.3. The van der Waals surface area contributed by atoms with Crippen LogP contribution in [0.2, 0.25) is 0 Å². The lowest BCUT2D eigenvalue weighted by atomic mass is 9.87. The van der Waals surface area contributed by atoms with Crippen LogP contribution in [0.25, 0.3) is 0 Å². The standard InChI is InChI=1S/C15H33N3/c1-14(2,12-16)8-6-7-9-18-11-10-17(5)15(3,4)13-18/h6-13,16H2,1-5H3. The molecule has 0 saturated carbocycles. The molecule has 1 heterocycles. The highest BCUT2D eigenvalue weighted by molar-refractivity contribution is 4.88. The molecule has 0 unspecified atom stereocenters. The molecule has 108 valence electrons. The van der Waals surface area contributed by atoms with Crippen molar-refractivity contribution in [3.05, 3.63) is 0 Å². The van der Waals surface area contributed by atoms with Crippen molar-refractivity contribution in [1.82, 2.24) is 9.80 Å². The monoisotopic (exact) mass is 255 g/mol.